The molecule has 0 amide bonds. The number of ether oxygens (including phenoxy) is 1. The fourth-order valence-corrected chi connectivity index (χ4v) is 2.35. The van der Waals surface area contributed by atoms with Crippen LogP contribution in [0.1, 0.15) is 11.1 Å². The van der Waals surface area contributed by atoms with Gasteiger partial charge in [0.1, 0.15) is 16.5 Å². The van der Waals surface area contributed by atoms with Gasteiger partial charge in [-0.25, -0.2) is 0 Å². The molecule has 0 fully saturated rings. The minimum atomic E-state index is 0.316. The number of halogens is 2. The van der Waals surface area contributed by atoms with E-state index in [-0.39, 0.29) is 0 Å². The summed E-state index contributed by atoms with van der Waals surface area (Å²) >= 11 is 11.9. The van der Waals surface area contributed by atoms with Crippen molar-refractivity contribution in [3.05, 3.63) is 56.5 Å². The molecule has 19 heavy (non-hydrogen) atoms. The van der Waals surface area contributed by atoms with E-state index in [0.717, 1.165) is 25.8 Å². The van der Waals surface area contributed by atoms with Crippen molar-refractivity contribution in [2.75, 3.05) is 0 Å². The second-order valence-corrected chi connectivity index (χ2v) is 6.23. The van der Waals surface area contributed by atoms with Gasteiger partial charge < -0.3 is 10.5 Å². The standard InChI is InChI=1S/C14H11Br2NOS/c1-8-6-10(3-5-12(8)16)18-13-7-9(15)2-4-11(13)14(17)19/h2-7H,1H3,(H2,17,19). The summed E-state index contributed by atoms with van der Waals surface area (Å²) in [6.45, 7) is 2.01. The third-order valence-electron chi connectivity index (χ3n) is 2.57. The van der Waals surface area contributed by atoms with Crippen LogP contribution >= 0.6 is 44.1 Å². The number of thiocarbonyl (C=S) groups is 1. The molecule has 5 heteroatoms. The molecule has 0 spiro atoms. The van der Waals surface area contributed by atoms with Crippen molar-refractivity contribution in [2.24, 2.45) is 5.73 Å². The van der Waals surface area contributed by atoms with Crippen LogP contribution in [0.5, 0.6) is 11.5 Å². The Bertz CT molecular complexity index is 643. The summed E-state index contributed by atoms with van der Waals surface area (Å²) in [6, 6.07) is 11.4. The quantitative estimate of drug-likeness (QED) is 0.740. The molecule has 2 rings (SSSR count). The van der Waals surface area contributed by atoms with Crippen molar-refractivity contribution in [3.8, 4) is 11.5 Å². The molecule has 2 N–H and O–H groups in total. The second kappa shape index (κ2) is 6.03. The summed E-state index contributed by atoms with van der Waals surface area (Å²) in [5, 5.41) is 0. The summed E-state index contributed by atoms with van der Waals surface area (Å²) in [6.07, 6.45) is 0. The third kappa shape index (κ3) is 3.55. The molecule has 98 valence electrons. The van der Waals surface area contributed by atoms with Gasteiger partial charge in [0.15, 0.2) is 0 Å². The van der Waals surface area contributed by atoms with Crippen molar-refractivity contribution in [1.82, 2.24) is 0 Å². The number of nitrogens with two attached hydrogens (primary N) is 1. The Morgan fingerprint density at radius 2 is 1.89 bits per heavy atom. The van der Waals surface area contributed by atoms with Gasteiger partial charge in [-0.15, -0.1) is 0 Å². The molecule has 0 aliphatic carbocycles. The van der Waals surface area contributed by atoms with Crippen molar-refractivity contribution in [2.45, 2.75) is 6.92 Å². The van der Waals surface area contributed by atoms with E-state index < -0.39 is 0 Å². The minimum absolute atomic E-state index is 0.316. The van der Waals surface area contributed by atoms with Crippen molar-refractivity contribution in [3.63, 3.8) is 0 Å². The summed E-state index contributed by atoms with van der Waals surface area (Å²) < 4.78 is 7.83. The Kier molecular flexibility index (Phi) is 4.60. The Balaban J connectivity index is 2.39. The second-order valence-electron chi connectivity index (χ2n) is 4.02. The minimum Gasteiger partial charge on any atom is -0.457 e. The van der Waals surface area contributed by atoms with E-state index >= 15 is 0 Å². The van der Waals surface area contributed by atoms with Crippen LogP contribution in [0.25, 0.3) is 0 Å². The number of aryl methyl sites for hydroxylation is 1. The molecule has 0 bridgehead atoms. The van der Waals surface area contributed by atoms with Gasteiger partial charge in [0.05, 0.1) is 5.56 Å². The molecule has 2 nitrogen and oxygen atoms in total. The number of hydrogen-bond donors (Lipinski definition) is 1. The van der Waals surface area contributed by atoms with Gasteiger partial charge in [0.2, 0.25) is 0 Å². The molecule has 0 heterocycles. The Hall–Kier alpha value is -0.910. The highest BCUT2D eigenvalue weighted by atomic mass is 79.9. The zero-order valence-electron chi connectivity index (χ0n) is 10.1. The molecular weight excluding hydrogens is 390 g/mol. The molecule has 0 unspecified atom stereocenters. The van der Waals surface area contributed by atoms with Crippen LogP contribution in [0.15, 0.2) is 45.3 Å². The molecule has 0 saturated heterocycles. The summed E-state index contributed by atoms with van der Waals surface area (Å²) in [5.41, 5.74) is 7.52. The number of hydrogen-bond acceptors (Lipinski definition) is 2. The lowest BCUT2D eigenvalue weighted by molar-refractivity contribution is 0.481. The van der Waals surface area contributed by atoms with Crippen LogP contribution in [-0.2, 0) is 0 Å². The maximum absolute atomic E-state index is 5.87. The highest BCUT2D eigenvalue weighted by molar-refractivity contribution is 9.10. The number of rotatable bonds is 3. The first-order chi connectivity index (χ1) is 8.97. The molecule has 2 aromatic rings. The maximum atomic E-state index is 5.87. The summed E-state index contributed by atoms with van der Waals surface area (Å²) in [5.74, 6) is 1.39. The third-order valence-corrected chi connectivity index (χ3v) is 4.17. The van der Waals surface area contributed by atoms with Crippen LogP contribution in [0.2, 0.25) is 0 Å². The van der Waals surface area contributed by atoms with Crippen LogP contribution in [0.3, 0.4) is 0 Å². The maximum Gasteiger partial charge on any atom is 0.138 e. The molecule has 0 aromatic heterocycles. The first-order valence-electron chi connectivity index (χ1n) is 5.51. The van der Waals surface area contributed by atoms with Gasteiger partial charge in [-0.1, -0.05) is 44.1 Å². The smallest absolute Gasteiger partial charge is 0.138 e. The Morgan fingerprint density at radius 3 is 2.53 bits per heavy atom. The molecule has 0 aliphatic heterocycles. The van der Waals surface area contributed by atoms with Crippen molar-refractivity contribution < 1.29 is 4.74 Å². The Morgan fingerprint density at radius 1 is 1.16 bits per heavy atom. The lowest BCUT2D eigenvalue weighted by Gasteiger charge is -2.11. The lowest BCUT2D eigenvalue weighted by atomic mass is 10.2. The van der Waals surface area contributed by atoms with Gasteiger partial charge in [-0.3, -0.25) is 0 Å². The van der Waals surface area contributed by atoms with Crippen molar-refractivity contribution in [1.29, 1.82) is 0 Å². The highest BCUT2D eigenvalue weighted by Gasteiger charge is 2.09. The van der Waals surface area contributed by atoms with E-state index in [2.05, 4.69) is 31.9 Å². The Labute approximate surface area is 134 Å². The van der Waals surface area contributed by atoms with Crippen LogP contribution in [0.4, 0.5) is 0 Å². The lowest BCUT2D eigenvalue weighted by Crippen LogP contribution is -2.10. The van der Waals surface area contributed by atoms with Gasteiger partial charge in [-0.05, 0) is 48.9 Å². The monoisotopic (exact) mass is 399 g/mol. The summed E-state index contributed by atoms with van der Waals surface area (Å²) in [4.78, 5) is 0.316. The molecule has 0 aliphatic rings. The molecule has 0 saturated carbocycles. The van der Waals surface area contributed by atoms with Crippen molar-refractivity contribution >= 4 is 49.1 Å². The summed E-state index contributed by atoms with van der Waals surface area (Å²) in [7, 11) is 0. The largest absolute Gasteiger partial charge is 0.457 e. The SMILES string of the molecule is Cc1cc(Oc2cc(Br)ccc2C(N)=S)ccc1Br. The van der Waals surface area contributed by atoms with E-state index in [1.807, 2.05) is 43.3 Å². The van der Waals surface area contributed by atoms with E-state index in [0.29, 0.717) is 10.7 Å². The van der Waals surface area contributed by atoms with Crippen LogP contribution < -0.4 is 10.5 Å². The predicted molar refractivity (Wildman–Crippen MR) is 89.0 cm³/mol. The molecule has 2 aromatic carbocycles. The van der Waals surface area contributed by atoms with E-state index in [9.17, 15) is 0 Å². The van der Waals surface area contributed by atoms with Gasteiger partial charge in [0, 0.05) is 8.95 Å². The average Bonchev–Trinajstić information content (AvgIpc) is 2.33. The highest BCUT2D eigenvalue weighted by Crippen LogP contribution is 2.30. The van der Waals surface area contributed by atoms with E-state index in [1.165, 1.54) is 0 Å². The predicted octanol–water partition coefficient (Wildman–Crippen LogP) is 4.95. The van der Waals surface area contributed by atoms with E-state index in [1.54, 1.807) is 0 Å². The fraction of sp³-hybridized carbons (Fsp3) is 0.0714. The van der Waals surface area contributed by atoms with Gasteiger partial charge in [0.25, 0.3) is 0 Å². The first kappa shape index (κ1) is 14.5. The first-order valence-corrected chi connectivity index (χ1v) is 7.50. The zero-order valence-corrected chi connectivity index (χ0v) is 14.1. The van der Waals surface area contributed by atoms with E-state index in [4.69, 9.17) is 22.7 Å². The van der Waals surface area contributed by atoms with Crippen LogP contribution in [0, 0.1) is 6.92 Å². The van der Waals surface area contributed by atoms with Gasteiger partial charge >= 0.3 is 0 Å². The topological polar surface area (TPSA) is 35.2 Å². The van der Waals surface area contributed by atoms with Gasteiger partial charge in [-0.2, -0.15) is 0 Å². The zero-order chi connectivity index (χ0) is 14.0. The number of benzene rings is 2. The molecule has 0 atom stereocenters. The molecular formula is C14H11Br2NOS. The normalized spacial score (nSPS) is 10.3. The van der Waals surface area contributed by atoms with Crippen LogP contribution in [-0.4, -0.2) is 4.99 Å². The average molecular weight is 401 g/mol. The molecule has 0 radical (unpaired) electrons. The fourth-order valence-electron chi connectivity index (χ4n) is 1.59.